The number of hydrogen-bond acceptors (Lipinski definition) is 7. The van der Waals surface area contributed by atoms with E-state index < -0.39 is 12.0 Å². The maximum atomic E-state index is 13.0. The van der Waals surface area contributed by atoms with E-state index in [1.54, 1.807) is 12.4 Å². The van der Waals surface area contributed by atoms with Crippen LogP contribution in [0.4, 0.5) is 0 Å². The number of benzene rings is 3. The highest BCUT2D eigenvalue weighted by atomic mass is 16.5. The molecule has 46 heavy (non-hydrogen) atoms. The normalized spacial score (nSPS) is 13.9. The SMILES string of the molecule is COC(=O)[C@H](Cc1ccc(OCc2ccccc2)cc1)NC(=O)CC1CCN(C(=O)CCc2ccc(-c3cncnc3)cc2)CC1. The molecule has 4 aromatic rings. The zero-order valence-corrected chi connectivity index (χ0v) is 26.1. The number of esters is 1. The van der Waals surface area contributed by atoms with Gasteiger partial charge < -0.3 is 19.7 Å². The maximum absolute atomic E-state index is 13.0. The lowest BCUT2D eigenvalue weighted by Gasteiger charge is -2.32. The molecule has 1 aliphatic rings. The van der Waals surface area contributed by atoms with Crippen LogP contribution >= 0.6 is 0 Å². The van der Waals surface area contributed by atoms with Crippen molar-refractivity contribution in [3.05, 3.63) is 114 Å². The summed E-state index contributed by atoms with van der Waals surface area (Å²) in [5, 5.41) is 2.88. The fraction of sp³-hybridized carbons (Fsp3) is 0.324. The van der Waals surface area contributed by atoms with Gasteiger partial charge in [-0.3, -0.25) is 9.59 Å². The highest BCUT2D eigenvalue weighted by Crippen LogP contribution is 2.23. The molecule has 5 rings (SSSR count). The van der Waals surface area contributed by atoms with Gasteiger partial charge in [0, 0.05) is 50.3 Å². The molecule has 9 heteroatoms. The lowest BCUT2D eigenvalue weighted by Crippen LogP contribution is -2.44. The van der Waals surface area contributed by atoms with Crippen LogP contribution in [0.3, 0.4) is 0 Å². The zero-order valence-electron chi connectivity index (χ0n) is 26.1. The number of aryl methyl sites for hydroxylation is 1. The molecule has 1 atom stereocenters. The van der Waals surface area contributed by atoms with Crippen LogP contribution in [-0.2, 0) is 38.6 Å². The number of nitrogens with one attached hydrogen (secondary N) is 1. The first-order valence-electron chi connectivity index (χ1n) is 15.7. The molecule has 9 nitrogen and oxygen atoms in total. The van der Waals surface area contributed by atoms with Gasteiger partial charge in [0.25, 0.3) is 0 Å². The molecule has 0 spiro atoms. The number of likely N-dealkylation sites (tertiary alicyclic amines) is 1. The monoisotopic (exact) mass is 620 g/mol. The molecule has 1 fully saturated rings. The average molecular weight is 621 g/mol. The molecule has 0 bridgehead atoms. The highest BCUT2D eigenvalue weighted by molar-refractivity contribution is 5.84. The van der Waals surface area contributed by atoms with Gasteiger partial charge in [-0.15, -0.1) is 0 Å². The Morgan fingerprint density at radius 2 is 1.52 bits per heavy atom. The molecule has 1 saturated heterocycles. The topological polar surface area (TPSA) is 111 Å². The Hall–Kier alpha value is -5.05. The minimum atomic E-state index is -0.787. The number of ether oxygens (including phenoxy) is 2. The van der Waals surface area contributed by atoms with E-state index in [-0.39, 0.29) is 17.7 Å². The smallest absolute Gasteiger partial charge is 0.328 e. The number of amides is 2. The number of methoxy groups -OCH3 is 1. The molecule has 1 aromatic heterocycles. The van der Waals surface area contributed by atoms with Crippen LogP contribution in [0.2, 0.25) is 0 Å². The van der Waals surface area contributed by atoms with Crippen molar-refractivity contribution in [3.8, 4) is 16.9 Å². The average Bonchev–Trinajstić information content (AvgIpc) is 3.11. The molecular weight excluding hydrogens is 580 g/mol. The van der Waals surface area contributed by atoms with Gasteiger partial charge in [0.05, 0.1) is 7.11 Å². The van der Waals surface area contributed by atoms with Crippen molar-refractivity contribution in [1.82, 2.24) is 20.2 Å². The summed E-state index contributed by atoms with van der Waals surface area (Å²) in [4.78, 5) is 48.4. The Bertz CT molecular complexity index is 1560. The summed E-state index contributed by atoms with van der Waals surface area (Å²) >= 11 is 0. The number of carbonyl (C=O) groups excluding carboxylic acids is 3. The van der Waals surface area contributed by atoms with Gasteiger partial charge in [0.1, 0.15) is 24.7 Å². The summed E-state index contributed by atoms with van der Waals surface area (Å²) in [6, 6.07) is 24.8. The van der Waals surface area contributed by atoms with E-state index in [0.717, 1.165) is 46.4 Å². The Morgan fingerprint density at radius 3 is 2.20 bits per heavy atom. The first-order valence-corrected chi connectivity index (χ1v) is 15.7. The van der Waals surface area contributed by atoms with Crippen molar-refractivity contribution in [1.29, 1.82) is 0 Å². The van der Waals surface area contributed by atoms with E-state index in [4.69, 9.17) is 9.47 Å². The Labute approximate surface area is 270 Å². The lowest BCUT2D eigenvalue weighted by atomic mass is 9.92. The fourth-order valence-corrected chi connectivity index (χ4v) is 5.66. The maximum Gasteiger partial charge on any atom is 0.328 e. The van der Waals surface area contributed by atoms with Crippen LogP contribution in [0.15, 0.2) is 97.6 Å². The van der Waals surface area contributed by atoms with E-state index in [0.29, 0.717) is 45.4 Å². The van der Waals surface area contributed by atoms with Crippen molar-refractivity contribution in [2.75, 3.05) is 20.2 Å². The Kier molecular flexibility index (Phi) is 11.5. The number of rotatable bonds is 13. The van der Waals surface area contributed by atoms with Crippen LogP contribution in [0.25, 0.3) is 11.1 Å². The van der Waals surface area contributed by atoms with Crippen molar-refractivity contribution in [2.45, 2.75) is 51.2 Å². The third-order valence-corrected chi connectivity index (χ3v) is 8.35. The van der Waals surface area contributed by atoms with E-state index in [1.165, 1.54) is 13.4 Å². The van der Waals surface area contributed by atoms with Crippen molar-refractivity contribution in [3.63, 3.8) is 0 Å². The molecule has 0 radical (unpaired) electrons. The lowest BCUT2D eigenvalue weighted by molar-refractivity contribution is -0.145. The van der Waals surface area contributed by atoms with Gasteiger partial charge >= 0.3 is 5.97 Å². The molecule has 0 aliphatic carbocycles. The summed E-state index contributed by atoms with van der Waals surface area (Å²) < 4.78 is 10.8. The molecule has 2 heterocycles. The Morgan fingerprint density at radius 1 is 0.848 bits per heavy atom. The Balaban J connectivity index is 1.03. The van der Waals surface area contributed by atoms with E-state index in [2.05, 4.69) is 15.3 Å². The standard InChI is InChI=1S/C37H40N4O5/c1-45-37(44)34(21-28-9-14-33(15-10-28)46-25-30-5-3-2-4-6-30)40-35(42)22-29-17-19-41(20-18-29)36(43)16-11-27-7-12-31(13-8-27)32-23-38-26-39-24-32/h2-10,12-15,23-24,26,29,34H,11,16-22,25H2,1H3,(H,40,42)/t34-/m0/s1. The fourth-order valence-electron chi connectivity index (χ4n) is 5.66. The summed E-state index contributed by atoms with van der Waals surface area (Å²) in [6.45, 7) is 1.72. The van der Waals surface area contributed by atoms with Crippen LogP contribution < -0.4 is 10.1 Å². The van der Waals surface area contributed by atoms with Gasteiger partial charge in [-0.05, 0) is 59.6 Å². The molecule has 1 N–H and O–H groups in total. The van der Waals surface area contributed by atoms with Gasteiger partial charge in [-0.2, -0.15) is 0 Å². The number of aromatic nitrogens is 2. The van der Waals surface area contributed by atoms with Crippen molar-refractivity contribution in [2.24, 2.45) is 5.92 Å². The van der Waals surface area contributed by atoms with E-state index in [1.807, 2.05) is 83.8 Å². The second kappa shape index (κ2) is 16.3. The number of carbonyl (C=O) groups is 3. The van der Waals surface area contributed by atoms with Crippen molar-refractivity contribution < 1.29 is 23.9 Å². The number of piperidine rings is 1. The van der Waals surface area contributed by atoms with Gasteiger partial charge in [-0.1, -0.05) is 66.7 Å². The first kappa shape index (κ1) is 32.3. The summed E-state index contributed by atoms with van der Waals surface area (Å²) in [7, 11) is 1.32. The molecule has 3 aromatic carbocycles. The number of hydrogen-bond donors (Lipinski definition) is 1. The largest absolute Gasteiger partial charge is 0.489 e. The van der Waals surface area contributed by atoms with Gasteiger partial charge in [-0.25, -0.2) is 14.8 Å². The molecule has 1 aliphatic heterocycles. The molecular formula is C37H40N4O5. The van der Waals surface area contributed by atoms with Crippen LogP contribution in [-0.4, -0.2) is 58.9 Å². The minimum absolute atomic E-state index is 0.130. The summed E-state index contributed by atoms with van der Waals surface area (Å²) in [5.74, 6) is 0.337. The summed E-state index contributed by atoms with van der Waals surface area (Å²) in [6.07, 6.45) is 8.30. The zero-order chi connectivity index (χ0) is 32.1. The third kappa shape index (κ3) is 9.47. The van der Waals surface area contributed by atoms with Crippen molar-refractivity contribution >= 4 is 17.8 Å². The van der Waals surface area contributed by atoms with E-state index >= 15 is 0 Å². The van der Waals surface area contributed by atoms with Crippen LogP contribution in [0, 0.1) is 5.92 Å². The quantitative estimate of drug-likeness (QED) is 0.205. The predicted molar refractivity (Wildman–Crippen MR) is 175 cm³/mol. The summed E-state index contributed by atoms with van der Waals surface area (Å²) in [5.41, 5.74) is 5.07. The second-order valence-corrected chi connectivity index (χ2v) is 11.6. The third-order valence-electron chi connectivity index (χ3n) is 8.35. The minimum Gasteiger partial charge on any atom is -0.489 e. The first-order chi connectivity index (χ1) is 22.5. The van der Waals surface area contributed by atoms with Crippen LogP contribution in [0.5, 0.6) is 5.75 Å². The van der Waals surface area contributed by atoms with Gasteiger partial charge in [0.2, 0.25) is 11.8 Å². The molecule has 238 valence electrons. The van der Waals surface area contributed by atoms with Gasteiger partial charge in [0.15, 0.2) is 0 Å². The van der Waals surface area contributed by atoms with Crippen LogP contribution in [0.1, 0.15) is 42.4 Å². The molecule has 0 unspecified atom stereocenters. The number of nitrogens with zero attached hydrogens (tertiary/aromatic N) is 3. The molecule has 2 amide bonds. The predicted octanol–water partition coefficient (Wildman–Crippen LogP) is 5.18. The van der Waals surface area contributed by atoms with E-state index in [9.17, 15) is 14.4 Å². The second-order valence-electron chi connectivity index (χ2n) is 11.6. The highest BCUT2D eigenvalue weighted by Gasteiger charge is 2.27. The molecule has 0 saturated carbocycles.